The molecule has 0 spiro atoms. The van der Waals surface area contributed by atoms with Gasteiger partial charge < -0.3 is 24.8 Å². The summed E-state index contributed by atoms with van der Waals surface area (Å²) in [6, 6.07) is 14.7. The molecule has 2 aromatic carbocycles. The van der Waals surface area contributed by atoms with Crippen molar-refractivity contribution in [1.29, 1.82) is 0 Å². The number of nitrogens with zero attached hydrogens (tertiary/aromatic N) is 3. The summed E-state index contributed by atoms with van der Waals surface area (Å²) in [6.45, 7) is 3.24. The van der Waals surface area contributed by atoms with Crippen LogP contribution < -0.4 is 30.4 Å². The van der Waals surface area contributed by atoms with Crippen LogP contribution in [0.25, 0.3) is 10.9 Å². The van der Waals surface area contributed by atoms with Gasteiger partial charge in [0.15, 0.2) is 16.7 Å². The molecule has 0 unspecified atom stereocenters. The molecule has 0 fully saturated rings. The predicted molar refractivity (Wildman–Crippen MR) is 171 cm³/mol. The molecule has 0 saturated heterocycles. The Labute approximate surface area is 265 Å². The van der Waals surface area contributed by atoms with Crippen molar-refractivity contribution in [3.8, 4) is 17.2 Å². The average molecular weight is 632 g/mol. The molecular formula is C33H37N5O6S. The number of unbranched alkanes of at least 4 members (excludes halogenated alkanes) is 2. The van der Waals surface area contributed by atoms with Gasteiger partial charge in [0, 0.05) is 44.5 Å². The summed E-state index contributed by atoms with van der Waals surface area (Å²) < 4.78 is 17.8. The van der Waals surface area contributed by atoms with Crippen LogP contribution >= 0.6 is 11.8 Å². The van der Waals surface area contributed by atoms with Crippen molar-refractivity contribution < 1.29 is 23.8 Å². The Morgan fingerprint density at radius 2 is 1.80 bits per heavy atom. The summed E-state index contributed by atoms with van der Waals surface area (Å²) in [5.41, 5.74) is 2.18. The van der Waals surface area contributed by atoms with E-state index in [0.717, 1.165) is 23.3 Å². The molecule has 12 heteroatoms. The van der Waals surface area contributed by atoms with E-state index in [4.69, 9.17) is 19.2 Å². The van der Waals surface area contributed by atoms with Gasteiger partial charge >= 0.3 is 0 Å². The van der Waals surface area contributed by atoms with Crippen molar-refractivity contribution in [3.63, 3.8) is 0 Å². The molecule has 2 N–H and O–H groups in total. The van der Waals surface area contributed by atoms with E-state index in [1.807, 2.05) is 43.3 Å². The van der Waals surface area contributed by atoms with Crippen molar-refractivity contribution in [1.82, 2.24) is 25.2 Å². The molecule has 2 amide bonds. The van der Waals surface area contributed by atoms with Crippen molar-refractivity contribution in [3.05, 3.63) is 82.4 Å². The molecule has 4 aromatic rings. The number of methoxy groups -OCH3 is 1. The predicted octanol–water partition coefficient (Wildman–Crippen LogP) is 4.59. The Morgan fingerprint density at radius 3 is 2.53 bits per heavy atom. The first kappa shape index (κ1) is 31.8. The highest BCUT2D eigenvalue weighted by Gasteiger charge is 2.24. The van der Waals surface area contributed by atoms with E-state index < -0.39 is 5.25 Å². The SMILES string of the molecule is CC[C@@H](Sc1nc2cc3c(cc2c(=O)n1CCCCCC(=O)NCc1ccc(OC)cc1)OCO3)C(=O)NCc1cccnc1. The summed E-state index contributed by atoms with van der Waals surface area (Å²) in [5.74, 6) is 1.65. The summed E-state index contributed by atoms with van der Waals surface area (Å²) >= 11 is 1.28. The van der Waals surface area contributed by atoms with Gasteiger partial charge in [0.25, 0.3) is 5.56 Å². The topological polar surface area (TPSA) is 134 Å². The molecule has 1 aliphatic heterocycles. The van der Waals surface area contributed by atoms with Gasteiger partial charge in [0.1, 0.15) is 5.75 Å². The second kappa shape index (κ2) is 15.4. The Balaban J connectivity index is 1.23. The molecule has 0 saturated carbocycles. The number of rotatable bonds is 15. The van der Waals surface area contributed by atoms with E-state index in [-0.39, 0.29) is 24.2 Å². The molecule has 0 aliphatic carbocycles. The van der Waals surface area contributed by atoms with Crippen molar-refractivity contribution in [2.45, 2.75) is 69.1 Å². The standard InChI is InChI=1S/C33H37N5O6S/c1-3-29(31(40)36-20-23-8-7-14-34-18-23)45-33-37-26-17-28-27(43-21-44-28)16-25(26)32(41)38(33)15-6-4-5-9-30(39)35-19-22-10-12-24(42-2)13-11-22/h7-8,10-14,16-18,29H,3-6,9,15,19-21H2,1-2H3,(H,35,39)(H,36,40)/t29-/m1/s1. The van der Waals surface area contributed by atoms with Gasteiger partial charge in [-0.05, 0) is 54.7 Å². The monoisotopic (exact) mass is 631 g/mol. The number of pyridine rings is 1. The van der Waals surface area contributed by atoms with E-state index in [0.29, 0.717) is 72.9 Å². The van der Waals surface area contributed by atoms with Crippen LogP contribution in [0.15, 0.2) is 70.9 Å². The minimum atomic E-state index is -0.458. The molecule has 11 nitrogen and oxygen atoms in total. The van der Waals surface area contributed by atoms with Crippen LogP contribution in [-0.4, -0.2) is 45.5 Å². The van der Waals surface area contributed by atoms with Crippen LogP contribution in [0.1, 0.15) is 50.2 Å². The van der Waals surface area contributed by atoms with Gasteiger partial charge in [-0.2, -0.15) is 0 Å². The summed E-state index contributed by atoms with van der Waals surface area (Å²) in [6.07, 6.45) is 6.43. The largest absolute Gasteiger partial charge is 0.497 e. The van der Waals surface area contributed by atoms with Crippen LogP contribution in [0, 0.1) is 0 Å². The summed E-state index contributed by atoms with van der Waals surface area (Å²) in [7, 11) is 1.62. The van der Waals surface area contributed by atoms with Crippen LogP contribution in [-0.2, 0) is 29.2 Å². The molecule has 45 heavy (non-hydrogen) atoms. The normalized spacial score (nSPS) is 12.6. The third kappa shape index (κ3) is 8.33. The second-order valence-corrected chi connectivity index (χ2v) is 11.8. The number of amides is 2. The van der Waals surface area contributed by atoms with Crippen molar-refractivity contribution >= 4 is 34.5 Å². The van der Waals surface area contributed by atoms with Crippen molar-refractivity contribution in [2.75, 3.05) is 13.9 Å². The Morgan fingerprint density at radius 1 is 1.02 bits per heavy atom. The number of nitrogens with one attached hydrogen (secondary N) is 2. The average Bonchev–Trinajstić information content (AvgIpc) is 3.53. The lowest BCUT2D eigenvalue weighted by Gasteiger charge is -2.18. The number of aromatic nitrogens is 3. The smallest absolute Gasteiger partial charge is 0.262 e. The third-order valence-electron chi connectivity index (χ3n) is 7.45. The van der Waals surface area contributed by atoms with Gasteiger partial charge in [-0.3, -0.25) is 23.9 Å². The highest BCUT2D eigenvalue weighted by atomic mass is 32.2. The maximum absolute atomic E-state index is 13.8. The zero-order chi connectivity index (χ0) is 31.6. The number of hydrogen-bond donors (Lipinski definition) is 2. The van der Waals surface area contributed by atoms with Gasteiger partial charge in [-0.1, -0.05) is 43.3 Å². The highest BCUT2D eigenvalue weighted by molar-refractivity contribution is 8.00. The first-order valence-electron chi connectivity index (χ1n) is 15.0. The molecule has 0 bridgehead atoms. The van der Waals surface area contributed by atoms with Crippen molar-refractivity contribution in [2.24, 2.45) is 0 Å². The fourth-order valence-corrected chi connectivity index (χ4v) is 5.96. The molecule has 5 rings (SSSR count). The number of fused-ring (bicyclic) bond motifs is 2. The number of thioether (sulfide) groups is 1. The van der Waals surface area contributed by atoms with Gasteiger partial charge in [-0.15, -0.1) is 0 Å². The first-order chi connectivity index (χ1) is 21.9. The molecule has 0 radical (unpaired) electrons. The number of ether oxygens (including phenoxy) is 3. The second-order valence-electron chi connectivity index (χ2n) is 10.6. The molecule has 3 heterocycles. The maximum Gasteiger partial charge on any atom is 0.262 e. The van der Waals surface area contributed by atoms with Crippen LogP contribution in [0.2, 0.25) is 0 Å². The zero-order valence-electron chi connectivity index (χ0n) is 25.4. The maximum atomic E-state index is 13.8. The van der Waals surface area contributed by atoms with E-state index in [2.05, 4.69) is 15.6 Å². The van der Waals surface area contributed by atoms with Crippen LogP contribution in [0.5, 0.6) is 17.2 Å². The Kier molecular flexibility index (Phi) is 10.9. The molecule has 1 atom stereocenters. The molecular weight excluding hydrogens is 594 g/mol. The lowest BCUT2D eigenvalue weighted by atomic mass is 10.1. The molecule has 2 aromatic heterocycles. The zero-order valence-corrected chi connectivity index (χ0v) is 26.2. The Bertz CT molecular complexity index is 1680. The molecule has 236 valence electrons. The molecule has 1 aliphatic rings. The third-order valence-corrected chi connectivity index (χ3v) is 8.80. The lowest BCUT2D eigenvalue weighted by molar-refractivity contribution is -0.121. The van der Waals surface area contributed by atoms with Gasteiger partial charge in [0.05, 0.1) is 23.3 Å². The van der Waals surface area contributed by atoms with Crippen LogP contribution in [0.3, 0.4) is 0 Å². The number of benzene rings is 2. The summed E-state index contributed by atoms with van der Waals surface area (Å²) in [5, 5.41) is 6.36. The summed E-state index contributed by atoms with van der Waals surface area (Å²) in [4.78, 5) is 48.3. The number of carbonyl (C=O) groups excluding carboxylic acids is 2. The van der Waals surface area contributed by atoms with E-state index in [1.54, 1.807) is 36.2 Å². The minimum Gasteiger partial charge on any atom is -0.497 e. The van der Waals surface area contributed by atoms with Crippen LogP contribution in [0.4, 0.5) is 0 Å². The quantitative estimate of drug-likeness (QED) is 0.110. The fraction of sp³-hybridized carbons (Fsp3) is 0.364. The van der Waals surface area contributed by atoms with E-state index in [1.165, 1.54) is 11.8 Å². The highest BCUT2D eigenvalue weighted by Crippen LogP contribution is 2.35. The van der Waals surface area contributed by atoms with Gasteiger partial charge in [-0.25, -0.2) is 4.98 Å². The fourth-order valence-electron chi connectivity index (χ4n) is 4.90. The number of carbonyl (C=O) groups is 2. The van der Waals surface area contributed by atoms with E-state index >= 15 is 0 Å². The number of hydrogen-bond acceptors (Lipinski definition) is 9. The van der Waals surface area contributed by atoms with Gasteiger partial charge in [0.2, 0.25) is 18.6 Å². The lowest BCUT2D eigenvalue weighted by Crippen LogP contribution is -2.33. The van der Waals surface area contributed by atoms with E-state index in [9.17, 15) is 14.4 Å². The minimum absolute atomic E-state index is 0.0224. The Hall–Kier alpha value is -4.58. The first-order valence-corrected chi connectivity index (χ1v) is 15.9.